The molecule has 0 radical (unpaired) electrons. The molecule has 0 unspecified atom stereocenters. The average molecular weight is 387 g/mol. The summed E-state index contributed by atoms with van der Waals surface area (Å²) >= 11 is 0. The smallest absolute Gasteiger partial charge is 0.274 e. The molecule has 29 heavy (non-hydrogen) atoms. The van der Waals surface area contributed by atoms with Crippen LogP contribution in [0.2, 0.25) is 0 Å². The highest BCUT2D eigenvalue weighted by molar-refractivity contribution is 6.08. The SMILES string of the molecule is CC(=O)c1cccc(NC(=O)c2ccnc(C(=O)Nc3cc(C)ccc3C)c2)c1. The Kier molecular flexibility index (Phi) is 5.83. The normalized spacial score (nSPS) is 10.3. The molecule has 2 amide bonds. The van der Waals surface area contributed by atoms with Crippen molar-refractivity contribution in [1.82, 2.24) is 4.98 Å². The van der Waals surface area contributed by atoms with Gasteiger partial charge in [-0.1, -0.05) is 24.3 Å². The van der Waals surface area contributed by atoms with Crippen molar-refractivity contribution >= 4 is 29.0 Å². The number of hydrogen-bond donors (Lipinski definition) is 2. The van der Waals surface area contributed by atoms with Crippen molar-refractivity contribution in [1.29, 1.82) is 0 Å². The van der Waals surface area contributed by atoms with Gasteiger partial charge in [-0.25, -0.2) is 0 Å². The molecule has 3 rings (SSSR count). The first-order valence-electron chi connectivity index (χ1n) is 9.10. The highest BCUT2D eigenvalue weighted by atomic mass is 16.2. The van der Waals surface area contributed by atoms with Gasteiger partial charge in [0, 0.05) is 28.7 Å². The molecule has 0 bridgehead atoms. The summed E-state index contributed by atoms with van der Waals surface area (Å²) in [5.74, 6) is -0.878. The van der Waals surface area contributed by atoms with Crippen molar-refractivity contribution in [3.8, 4) is 0 Å². The second kappa shape index (κ2) is 8.48. The first-order chi connectivity index (χ1) is 13.8. The Balaban J connectivity index is 1.77. The third-order valence-corrected chi connectivity index (χ3v) is 4.42. The summed E-state index contributed by atoms with van der Waals surface area (Å²) in [5.41, 5.74) is 4.10. The fourth-order valence-electron chi connectivity index (χ4n) is 2.77. The minimum absolute atomic E-state index is 0.0876. The van der Waals surface area contributed by atoms with E-state index in [1.165, 1.54) is 25.3 Å². The minimum atomic E-state index is -0.396. The van der Waals surface area contributed by atoms with E-state index in [4.69, 9.17) is 0 Å². The number of nitrogens with zero attached hydrogens (tertiary/aromatic N) is 1. The molecule has 2 aromatic carbocycles. The zero-order valence-electron chi connectivity index (χ0n) is 16.4. The summed E-state index contributed by atoms with van der Waals surface area (Å²) < 4.78 is 0. The second-order valence-electron chi connectivity index (χ2n) is 6.79. The van der Waals surface area contributed by atoms with Gasteiger partial charge >= 0.3 is 0 Å². The number of nitrogens with one attached hydrogen (secondary N) is 2. The molecule has 0 aliphatic heterocycles. The van der Waals surface area contributed by atoms with Crippen LogP contribution in [-0.4, -0.2) is 22.6 Å². The van der Waals surface area contributed by atoms with Crippen molar-refractivity contribution in [2.75, 3.05) is 10.6 Å². The van der Waals surface area contributed by atoms with Gasteiger partial charge in [0.05, 0.1) is 0 Å². The van der Waals surface area contributed by atoms with Crippen molar-refractivity contribution in [3.05, 3.63) is 88.7 Å². The van der Waals surface area contributed by atoms with Gasteiger partial charge in [0.25, 0.3) is 11.8 Å². The van der Waals surface area contributed by atoms with Crippen LogP contribution in [-0.2, 0) is 0 Å². The average Bonchev–Trinajstić information content (AvgIpc) is 2.71. The maximum absolute atomic E-state index is 12.6. The summed E-state index contributed by atoms with van der Waals surface area (Å²) in [4.78, 5) is 40.7. The highest BCUT2D eigenvalue weighted by Gasteiger charge is 2.14. The summed E-state index contributed by atoms with van der Waals surface area (Å²) in [7, 11) is 0. The molecule has 6 nitrogen and oxygen atoms in total. The van der Waals surface area contributed by atoms with Gasteiger partial charge in [-0.2, -0.15) is 0 Å². The van der Waals surface area contributed by atoms with Crippen molar-refractivity contribution in [2.24, 2.45) is 0 Å². The maximum atomic E-state index is 12.6. The van der Waals surface area contributed by atoms with Gasteiger partial charge in [0.1, 0.15) is 5.69 Å². The molecule has 0 saturated heterocycles. The minimum Gasteiger partial charge on any atom is -0.322 e. The van der Waals surface area contributed by atoms with E-state index in [0.29, 0.717) is 22.5 Å². The van der Waals surface area contributed by atoms with Crippen molar-refractivity contribution < 1.29 is 14.4 Å². The lowest BCUT2D eigenvalue weighted by atomic mass is 10.1. The molecule has 1 heterocycles. The molecule has 0 spiro atoms. The zero-order valence-corrected chi connectivity index (χ0v) is 16.4. The first kappa shape index (κ1) is 19.9. The number of pyridine rings is 1. The predicted molar refractivity (Wildman–Crippen MR) is 113 cm³/mol. The Morgan fingerprint density at radius 3 is 2.38 bits per heavy atom. The van der Waals surface area contributed by atoms with Gasteiger partial charge in [-0.3, -0.25) is 19.4 Å². The number of benzene rings is 2. The number of anilines is 2. The van der Waals surface area contributed by atoms with Crippen LogP contribution in [0.3, 0.4) is 0 Å². The predicted octanol–water partition coefficient (Wildman–Crippen LogP) is 4.41. The number of aromatic nitrogens is 1. The van der Waals surface area contributed by atoms with E-state index < -0.39 is 11.8 Å². The lowest BCUT2D eigenvalue weighted by Gasteiger charge is -2.10. The number of ketones is 1. The van der Waals surface area contributed by atoms with Gasteiger partial charge in [0.2, 0.25) is 0 Å². The van der Waals surface area contributed by atoms with Crippen LogP contribution >= 0.6 is 0 Å². The molecule has 3 aromatic rings. The molecule has 6 heteroatoms. The third kappa shape index (κ3) is 4.93. The molecule has 2 N–H and O–H groups in total. The summed E-state index contributed by atoms with van der Waals surface area (Å²) in [6.07, 6.45) is 1.42. The fourth-order valence-corrected chi connectivity index (χ4v) is 2.77. The third-order valence-electron chi connectivity index (χ3n) is 4.42. The van der Waals surface area contributed by atoms with E-state index in [2.05, 4.69) is 15.6 Å². The van der Waals surface area contributed by atoms with Crippen molar-refractivity contribution in [3.63, 3.8) is 0 Å². The molecule has 1 aromatic heterocycles. The zero-order chi connectivity index (χ0) is 21.0. The van der Waals surface area contributed by atoms with Crippen LogP contribution in [0.4, 0.5) is 11.4 Å². The number of amides is 2. The molecule has 0 aliphatic rings. The second-order valence-corrected chi connectivity index (χ2v) is 6.79. The van der Waals surface area contributed by atoms with E-state index >= 15 is 0 Å². The van der Waals surface area contributed by atoms with Gasteiger partial charge < -0.3 is 10.6 Å². The van der Waals surface area contributed by atoms with E-state index in [-0.39, 0.29) is 11.5 Å². The molecule has 0 fully saturated rings. The topological polar surface area (TPSA) is 88.2 Å². The molecule has 0 aliphatic carbocycles. The van der Waals surface area contributed by atoms with E-state index in [0.717, 1.165) is 11.1 Å². The molecule has 0 saturated carbocycles. The van der Waals surface area contributed by atoms with E-state index in [9.17, 15) is 14.4 Å². The number of aryl methyl sites for hydroxylation is 2. The van der Waals surface area contributed by atoms with Crippen LogP contribution < -0.4 is 10.6 Å². The molecule has 146 valence electrons. The lowest BCUT2D eigenvalue weighted by molar-refractivity contribution is 0.100. The quantitative estimate of drug-likeness (QED) is 0.635. The molecular weight excluding hydrogens is 366 g/mol. The van der Waals surface area contributed by atoms with Crippen LogP contribution in [0, 0.1) is 13.8 Å². The fraction of sp³-hybridized carbons (Fsp3) is 0.130. The Morgan fingerprint density at radius 1 is 0.828 bits per heavy atom. The van der Waals surface area contributed by atoms with Gasteiger partial charge in [0.15, 0.2) is 5.78 Å². The summed E-state index contributed by atoms with van der Waals surface area (Å²) in [5, 5.41) is 5.57. The van der Waals surface area contributed by atoms with E-state index in [1.807, 2.05) is 32.0 Å². The molecule has 0 atom stereocenters. The van der Waals surface area contributed by atoms with Crippen LogP contribution in [0.5, 0.6) is 0 Å². The number of hydrogen-bond acceptors (Lipinski definition) is 4. The first-order valence-corrected chi connectivity index (χ1v) is 9.10. The monoisotopic (exact) mass is 387 g/mol. The lowest BCUT2D eigenvalue weighted by Crippen LogP contribution is -2.17. The van der Waals surface area contributed by atoms with Crippen LogP contribution in [0.25, 0.3) is 0 Å². The largest absolute Gasteiger partial charge is 0.322 e. The van der Waals surface area contributed by atoms with Gasteiger partial charge in [-0.05, 0) is 62.2 Å². The standard InChI is InChI=1S/C23H21N3O3/c1-14-7-8-15(2)20(11-14)26-23(29)21-13-18(9-10-24-21)22(28)25-19-6-4-5-17(12-19)16(3)27/h4-13H,1-3H3,(H,25,28)(H,26,29). The number of carbonyl (C=O) groups excluding carboxylic acids is 3. The highest BCUT2D eigenvalue weighted by Crippen LogP contribution is 2.18. The Labute approximate surface area is 169 Å². The number of rotatable bonds is 5. The Hall–Kier alpha value is -3.80. The van der Waals surface area contributed by atoms with Crippen LogP contribution in [0.15, 0.2) is 60.8 Å². The van der Waals surface area contributed by atoms with E-state index in [1.54, 1.807) is 24.3 Å². The number of Topliss-reactive ketones (excluding diaryl/α,β-unsaturated/α-hetero) is 1. The molecular formula is C23H21N3O3. The Morgan fingerprint density at radius 2 is 1.62 bits per heavy atom. The van der Waals surface area contributed by atoms with Gasteiger partial charge in [-0.15, -0.1) is 0 Å². The van der Waals surface area contributed by atoms with Crippen LogP contribution in [0.1, 0.15) is 49.3 Å². The van der Waals surface area contributed by atoms with Crippen molar-refractivity contribution in [2.45, 2.75) is 20.8 Å². The number of carbonyl (C=O) groups is 3. The maximum Gasteiger partial charge on any atom is 0.274 e. The Bertz CT molecular complexity index is 1110. The summed E-state index contributed by atoms with van der Waals surface area (Å²) in [6.45, 7) is 5.31. The summed E-state index contributed by atoms with van der Waals surface area (Å²) in [6, 6.07) is 15.4.